The number of hydrogen-bond donors (Lipinski definition) is 1. The van der Waals surface area contributed by atoms with Gasteiger partial charge in [-0.3, -0.25) is 14.6 Å². The summed E-state index contributed by atoms with van der Waals surface area (Å²) in [6.45, 7) is 8.89. The van der Waals surface area contributed by atoms with Crippen molar-refractivity contribution < 1.29 is 4.42 Å². The normalized spacial score (nSPS) is 15.5. The summed E-state index contributed by atoms with van der Waals surface area (Å²) < 4.78 is 7.89. The van der Waals surface area contributed by atoms with Gasteiger partial charge in [0.2, 0.25) is 0 Å². The van der Waals surface area contributed by atoms with E-state index in [2.05, 4.69) is 43.9 Å². The van der Waals surface area contributed by atoms with Crippen LogP contribution in [-0.4, -0.2) is 37.7 Å². The number of fused-ring (bicyclic) bond motifs is 1. The summed E-state index contributed by atoms with van der Waals surface area (Å²) in [4.78, 5) is 10.8. The van der Waals surface area contributed by atoms with E-state index in [0.29, 0.717) is 12.5 Å². The molecule has 7 nitrogen and oxygen atoms in total. The molecule has 4 rings (SSSR count). The summed E-state index contributed by atoms with van der Waals surface area (Å²) in [5.41, 5.74) is 2.32. The Bertz CT molecular complexity index is 872. The summed E-state index contributed by atoms with van der Waals surface area (Å²) in [5.74, 6) is 3.29. The van der Waals surface area contributed by atoms with Crippen LogP contribution in [0.3, 0.4) is 0 Å². The summed E-state index contributed by atoms with van der Waals surface area (Å²) in [6, 6.07) is 6.33. The van der Waals surface area contributed by atoms with Gasteiger partial charge in [0.25, 0.3) is 0 Å². The van der Waals surface area contributed by atoms with Crippen molar-refractivity contribution in [3.63, 3.8) is 0 Å². The van der Waals surface area contributed by atoms with Crippen molar-refractivity contribution in [2.45, 2.75) is 45.8 Å². The lowest BCUT2D eigenvalue weighted by molar-refractivity contribution is 0.204. The van der Waals surface area contributed by atoms with Gasteiger partial charge < -0.3 is 9.73 Å². The maximum atomic E-state index is 5.76. The van der Waals surface area contributed by atoms with E-state index < -0.39 is 0 Å². The standard InChI is InChI=1S/C20H26N6O/c1-15(19-4-3-16(2)27-19)5-8-25-9-10-26-18(14-25)11-17(24-26)12-23-20-13-21-6-7-22-20/h3-4,6-7,11,13,15H,5,8-10,12,14H2,1-2H3,(H,22,23)/t15-/m1/s1. The number of aromatic nitrogens is 4. The largest absolute Gasteiger partial charge is 0.466 e. The van der Waals surface area contributed by atoms with Crippen LogP contribution in [0.4, 0.5) is 5.82 Å². The minimum Gasteiger partial charge on any atom is -0.466 e. The second kappa shape index (κ2) is 7.92. The van der Waals surface area contributed by atoms with Crippen LogP contribution in [0.15, 0.2) is 41.2 Å². The molecule has 4 heterocycles. The van der Waals surface area contributed by atoms with Crippen molar-refractivity contribution in [3.05, 3.63) is 59.7 Å². The first kappa shape index (κ1) is 17.7. The molecule has 27 heavy (non-hydrogen) atoms. The number of hydrogen-bond acceptors (Lipinski definition) is 6. The first-order valence-corrected chi connectivity index (χ1v) is 9.51. The maximum Gasteiger partial charge on any atom is 0.144 e. The van der Waals surface area contributed by atoms with E-state index in [1.54, 1.807) is 18.6 Å². The molecular weight excluding hydrogens is 340 g/mol. The fourth-order valence-corrected chi connectivity index (χ4v) is 3.47. The topological polar surface area (TPSA) is 72.0 Å². The van der Waals surface area contributed by atoms with Crippen LogP contribution in [0, 0.1) is 6.92 Å². The molecule has 142 valence electrons. The Balaban J connectivity index is 1.30. The highest BCUT2D eigenvalue weighted by Crippen LogP contribution is 2.23. The average molecular weight is 366 g/mol. The van der Waals surface area contributed by atoms with Gasteiger partial charge in [-0.1, -0.05) is 6.92 Å². The summed E-state index contributed by atoms with van der Waals surface area (Å²) in [5, 5.41) is 7.98. The van der Waals surface area contributed by atoms with Gasteiger partial charge in [-0.25, -0.2) is 4.98 Å². The molecule has 3 aromatic heterocycles. The molecule has 0 fully saturated rings. The van der Waals surface area contributed by atoms with E-state index in [1.807, 2.05) is 13.0 Å². The third kappa shape index (κ3) is 4.36. The molecule has 1 N–H and O–H groups in total. The van der Waals surface area contributed by atoms with Crippen LogP contribution in [0.1, 0.15) is 42.2 Å². The highest BCUT2D eigenvalue weighted by atomic mass is 16.3. The first-order chi connectivity index (χ1) is 13.2. The molecule has 0 unspecified atom stereocenters. The third-order valence-corrected chi connectivity index (χ3v) is 5.07. The zero-order valence-corrected chi connectivity index (χ0v) is 15.9. The van der Waals surface area contributed by atoms with E-state index >= 15 is 0 Å². The summed E-state index contributed by atoms with van der Waals surface area (Å²) in [6.07, 6.45) is 6.17. The molecule has 1 aliphatic heterocycles. The second-order valence-electron chi connectivity index (χ2n) is 7.21. The van der Waals surface area contributed by atoms with Gasteiger partial charge in [-0.15, -0.1) is 0 Å². The minimum atomic E-state index is 0.442. The smallest absolute Gasteiger partial charge is 0.144 e. The predicted octanol–water partition coefficient (Wildman–Crippen LogP) is 3.20. The molecule has 1 atom stereocenters. The molecular formula is C20H26N6O. The fraction of sp³-hybridized carbons (Fsp3) is 0.450. The molecule has 0 amide bonds. The molecule has 0 radical (unpaired) electrons. The molecule has 3 aromatic rings. The van der Waals surface area contributed by atoms with Gasteiger partial charge in [0.05, 0.1) is 30.7 Å². The van der Waals surface area contributed by atoms with Gasteiger partial charge >= 0.3 is 0 Å². The minimum absolute atomic E-state index is 0.442. The van der Waals surface area contributed by atoms with Gasteiger partial charge in [0.15, 0.2) is 0 Å². The van der Waals surface area contributed by atoms with E-state index in [1.165, 1.54) is 5.69 Å². The number of nitrogens with one attached hydrogen (secondary N) is 1. The Morgan fingerprint density at radius 3 is 2.96 bits per heavy atom. The van der Waals surface area contributed by atoms with Crippen molar-refractivity contribution in [1.82, 2.24) is 24.6 Å². The van der Waals surface area contributed by atoms with Crippen LogP contribution >= 0.6 is 0 Å². The lowest BCUT2D eigenvalue weighted by Gasteiger charge is -2.28. The molecule has 0 spiro atoms. The third-order valence-electron chi connectivity index (χ3n) is 5.07. The van der Waals surface area contributed by atoms with E-state index in [0.717, 1.165) is 55.6 Å². The quantitative estimate of drug-likeness (QED) is 0.692. The van der Waals surface area contributed by atoms with Gasteiger partial charge in [0.1, 0.15) is 17.3 Å². The van der Waals surface area contributed by atoms with Crippen molar-refractivity contribution in [2.24, 2.45) is 0 Å². The maximum absolute atomic E-state index is 5.76. The molecule has 0 saturated carbocycles. The van der Waals surface area contributed by atoms with E-state index in [9.17, 15) is 0 Å². The monoisotopic (exact) mass is 366 g/mol. The number of nitrogens with zero attached hydrogens (tertiary/aromatic N) is 5. The van der Waals surface area contributed by atoms with Crippen molar-refractivity contribution in [3.8, 4) is 0 Å². The van der Waals surface area contributed by atoms with Crippen molar-refractivity contribution in [2.75, 3.05) is 18.4 Å². The molecule has 1 aliphatic rings. The van der Waals surface area contributed by atoms with Crippen LogP contribution in [0.5, 0.6) is 0 Å². The van der Waals surface area contributed by atoms with Crippen molar-refractivity contribution in [1.29, 1.82) is 0 Å². The Morgan fingerprint density at radius 1 is 1.26 bits per heavy atom. The van der Waals surface area contributed by atoms with E-state index in [-0.39, 0.29) is 0 Å². The van der Waals surface area contributed by atoms with Gasteiger partial charge in [-0.2, -0.15) is 5.10 Å². The lowest BCUT2D eigenvalue weighted by Crippen LogP contribution is -2.34. The lowest BCUT2D eigenvalue weighted by atomic mass is 10.0. The molecule has 7 heteroatoms. The molecule has 0 aliphatic carbocycles. The first-order valence-electron chi connectivity index (χ1n) is 9.51. The molecule has 0 bridgehead atoms. The van der Waals surface area contributed by atoms with Crippen molar-refractivity contribution >= 4 is 5.82 Å². The summed E-state index contributed by atoms with van der Waals surface area (Å²) in [7, 11) is 0. The Labute approximate surface area is 159 Å². The highest BCUT2D eigenvalue weighted by molar-refractivity contribution is 5.31. The van der Waals surface area contributed by atoms with Crippen LogP contribution in [0.25, 0.3) is 0 Å². The SMILES string of the molecule is Cc1ccc([C@H](C)CCN2CCn3nc(CNc4cnccn4)cc3C2)o1. The zero-order valence-electron chi connectivity index (χ0n) is 15.9. The zero-order chi connectivity index (χ0) is 18.6. The van der Waals surface area contributed by atoms with Crippen LogP contribution in [0.2, 0.25) is 0 Å². The van der Waals surface area contributed by atoms with Gasteiger partial charge in [0, 0.05) is 31.4 Å². The number of aryl methyl sites for hydroxylation is 1. The molecule has 0 saturated heterocycles. The average Bonchev–Trinajstić information content (AvgIpc) is 3.30. The van der Waals surface area contributed by atoms with E-state index in [4.69, 9.17) is 9.52 Å². The predicted molar refractivity (Wildman–Crippen MR) is 103 cm³/mol. The number of rotatable bonds is 7. The number of anilines is 1. The molecule has 0 aromatic carbocycles. The Kier molecular flexibility index (Phi) is 5.20. The Hall–Kier alpha value is -2.67. The number of furan rings is 1. The highest BCUT2D eigenvalue weighted by Gasteiger charge is 2.19. The Morgan fingerprint density at radius 2 is 2.19 bits per heavy atom. The summed E-state index contributed by atoms with van der Waals surface area (Å²) >= 11 is 0. The van der Waals surface area contributed by atoms with Crippen LogP contribution in [-0.2, 0) is 19.6 Å². The van der Waals surface area contributed by atoms with Gasteiger partial charge in [-0.05, 0) is 38.1 Å². The van der Waals surface area contributed by atoms with Crippen LogP contribution < -0.4 is 5.32 Å². The second-order valence-corrected chi connectivity index (χ2v) is 7.21. The fourth-order valence-electron chi connectivity index (χ4n) is 3.47.